The number of amides is 1. The van der Waals surface area contributed by atoms with Gasteiger partial charge in [0.25, 0.3) is 11.9 Å². The molecule has 2 aromatic carbocycles. The summed E-state index contributed by atoms with van der Waals surface area (Å²) in [7, 11) is 0. The van der Waals surface area contributed by atoms with Gasteiger partial charge in [0.1, 0.15) is 11.3 Å². The molecule has 0 spiro atoms. The number of carbonyl (C=O) groups is 1. The van der Waals surface area contributed by atoms with E-state index in [-0.39, 0.29) is 23.7 Å². The van der Waals surface area contributed by atoms with Gasteiger partial charge in [0.05, 0.1) is 29.7 Å². The summed E-state index contributed by atoms with van der Waals surface area (Å²) in [5.74, 6) is -0.119. The molecule has 0 bridgehead atoms. The lowest BCUT2D eigenvalue weighted by Crippen LogP contribution is -2.51. The molecular weight excluding hydrogens is 423 g/mol. The van der Waals surface area contributed by atoms with Gasteiger partial charge in [-0.25, -0.2) is 4.39 Å². The SMILES string of the molecule is Cc1cccc(-n2nccn2)c1C(=O)N1CCC[C@@H](C)[C@H]1CNc1nc2cc(F)ccc2o1. The van der Waals surface area contributed by atoms with E-state index < -0.39 is 0 Å². The number of aryl methyl sites for hydroxylation is 1. The van der Waals surface area contributed by atoms with E-state index in [0.717, 1.165) is 18.4 Å². The van der Waals surface area contributed by atoms with Crippen LogP contribution in [-0.2, 0) is 0 Å². The molecule has 1 aliphatic rings. The normalized spacial score (nSPS) is 18.6. The van der Waals surface area contributed by atoms with Crippen molar-refractivity contribution < 1.29 is 13.6 Å². The minimum atomic E-state index is -0.360. The van der Waals surface area contributed by atoms with Gasteiger partial charge < -0.3 is 14.6 Å². The maximum Gasteiger partial charge on any atom is 0.295 e. The van der Waals surface area contributed by atoms with Gasteiger partial charge in [-0.15, -0.1) is 0 Å². The standard InChI is InChI=1S/C24H25FN6O2/c1-15-6-4-12-30(20(15)14-26-24-29-18-13-17(25)8-9-21(18)33-24)23(32)22-16(2)5-3-7-19(22)31-27-10-11-28-31/h3,5,7-11,13,15,20H,4,6,12,14H2,1-2H3,(H,26,29)/t15-,20-/m1/s1. The molecule has 1 amide bonds. The number of hydrogen-bond acceptors (Lipinski definition) is 6. The van der Waals surface area contributed by atoms with Crippen LogP contribution < -0.4 is 5.32 Å². The lowest BCUT2D eigenvalue weighted by atomic mass is 9.89. The largest absolute Gasteiger partial charge is 0.424 e. The third-order valence-electron chi connectivity index (χ3n) is 6.29. The summed E-state index contributed by atoms with van der Waals surface area (Å²) in [5.41, 5.74) is 3.11. The second-order valence-electron chi connectivity index (χ2n) is 8.48. The van der Waals surface area contributed by atoms with Crippen molar-refractivity contribution in [3.8, 4) is 5.69 Å². The maximum atomic E-state index is 13.8. The summed E-state index contributed by atoms with van der Waals surface area (Å²) in [6.45, 7) is 5.22. The van der Waals surface area contributed by atoms with Crippen LogP contribution in [0.3, 0.4) is 0 Å². The Balaban J connectivity index is 1.41. The van der Waals surface area contributed by atoms with Gasteiger partial charge in [0, 0.05) is 19.2 Å². The van der Waals surface area contributed by atoms with Gasteiger partial charge in [-0.3, -0.25) is 4.79 Å². The molecule has 5 rings (SSSR count). The van der Waals surface area contributed by atoms with Gasteiger partial charge in [0.15, 0.2) is 5.58 Å². The minimum Gasteiger partial charge on any atom is -0.424 e. The average Bonchev–Trinajstić information content (AvgIpc) is 3.47. The Hall–Kier alpha value is -3.75. The zero-order valence-corrected chi connectivity index (χ0v) is 18.5. The van der Waals surface area contributed by atoms with Crippen LogP contribution in [0.25, 0.3) is 16.8 Å². The zero-order chi connectivity index (χ0) is 22.9. The van der Waals surface area contributed by atoms with E-state index in [0.29, 0.717) is 41.5 Å². The van der Waals surface area contributed by atoms with Gasteiger partial charge in [0.2, 0.25) is 0 Å². The van der Waals surface area contributed by atoms with Crippen LogP contribution in [-0.4, -0.2) is 49.9 Å². The van der Waals surface area contributed by atoms with Gasteiger partial charge >= 0.3 is 0 Å². The fraction of sp³-hybridized carbons (Fsp3) is 0.333. The molecule has 170 valence electrons. The number of rotatable bonds is 5. The van der Waals surface area contributed by atoms with Crippen LogP contribution in [0.15, 0.2) is 53.2 Å². The Labute approximate surface area is 190 Å². The smallest absolute Gasteiger partial charge is 0.295 e. The highest BCUT2D eigenvalue weighted by Gasteiger charge is 2.34. The summed E-state index contributed by atoms with van der Waals surface area (Å²) >= 11 is 0. The molecule has 0 saturated carbocycles. The van der Waals surface area contributed by atoms with Crippen LogP contribution in [0.5, 0.6) is 0 Å². The van der Waals surface area contributed by atoms with Crippen molar-refractivity contribution in [2.45, 2.75) is 32.7 Å². The second kappa shape index (κ2) is 8.65. The van der Waals surface area contributed by atoms with Crippen LogP contribution in [0.1, 0.15) is 35.7 Å². The lowest BCUT2D eigenvalue weighted by molar-refractivity contribution is 0.0538. The number of halogens is 1. The number of piperidine rings is 1. The maximum absolute atomic E-state index is 13.8. The van der Waals surface area contributed by atoms with Crippen molar-refractivity contribution in [2.24, 2.45) is 5.92 Å². The number of carbonyl (C=O) groups excluding carboxylic acids is 1. The molecule has 4 aromatic rings. The van der Waals surface area contributed by atoms with Crippen molar-refractivity contribution in [1.82, 2.24) is 24.9 Å². The van der Waals surface area contributed by atoms with Crippen molar-refractivity contribution >= 4 is 23.0 Å². The van der Waals surface area contributed by atoms with E-state index in [2.05, 4.69) is 27.4 Å². The number of benzene rings is 2. The first kappa shape index (κ1) is 21.1. The minimum absolute atomic E-state index is 0.0432. The van der Waals surface area contributed by atoms with Crippen molar-refractivity contribution in [3.05, 3.63) is 65.7 Å². The number of oxazole rings is 1. The predicted octanol–water partition coefficient (Wildman–Crippen LogP) is 4.21. The van der Waals surface area contributed by atoms with Crippen LogP contribution >= 0.6 is 0 Å². The molecular formula is C24H25FN6O2. The molecule has 2 atom stereocenters. The van der Waals surface area contributed by atoms with Crippen molar-refractivity contribution in [1.29, 1.82) is 0 Å². The van der Waals surface area contributed by atoms with E-state index in [1.54, 1.807) is 18.5 Å². The Morgan fingerprint density at radius 3 is 2.88 bits per heavy atom. The predicted molar refractivity (Wildman–Crippen MR) is 122 cm³/mol. The number of anilines is 1. The molecule has 0 aliphatic carbocycles. The molecule has 9 heteroatoms. The van der Waals surface area contributed by atoms with Crippen LogP contribution in [0.4, 0.5) is 10.4 Å². The Kier molecular flexibility index (Phi) is 5.53. The summed E-state index contributed by atoms with van der Waals surface area (Å²) in [4.78, 5) is 21.6. The first-order valence-electron chi connectivity index (χ1n) is 11.1. The number of hydrogen-bond donors (Lipinski definition) is 1. The Morgan fingerprint density at radius 1 is 1.24 bits per heavy atom. The van der Waals surface area contributed by atoms with Crippen molar-refractivity contribution in [3.63, 3.8) is 0 Å². The van der Waals surface area contributed by atoms with Crippen molar-refractivity contribution in [2.75, 3.05) is 18.4 Å². The summed E-state index contributed by atoms with van der Waals surface area (Å²) < 4.78 is 19.2. The first-order chi connectivity index (χ1) is 16.0. The molecule has 1 aliphatic heterocycles. The molecule has 1 N–H and O–H groups in total. The highest BCUT2D eigenvalue weighted by molar-refractivity contribution is 5.99. The highest BCUT2D eigenvalue weighted by Crippen LogP contribution is 2.29. The summed E-state index contributed by atoms with van der Waals surface area (Å²) in [6.07, 6.45) is 5.15. The van der Waals surface area contributed by atoms with E-state index in [1.165, 1.54) is 16.9 Å². The van der Waals surface area contributed by atoms with E-state index >= 15 is 0 Å². The molecule has 1 saturated heterocycles. The van der Waals surface area contributed by atoms with Crippen LogP contribution in [0, 0.1) is 18.7 Å². The van der Waals surface area contributed by atoms with E-state index in [1.807, 2.05) is 30.0 Å². The molecule has 0 unspecified atom stereocenters. The second-order valence-corrected chi connectivity index (χ2v) is 8.48. The summed E-state index contributed by atoms with van der Waals surface area (Å²) in [6, 6.07) is 10.2. The summed E-state index contributed by atoms with van der Waals surface area (Å²) in [5, 5.41) is 11.7. The fourth-order valence-corrected chi connectivity index (χ4v) is 4.56. The molecule has 1 fully saturated rings. The monoisotopic (exact) mass is 448 g/mol. The highest BCUT2D eigenvalue weighted by atomic mass is 19.1. The third-order valence-corrected chi connectivity index (χ3v) is 6.29. The topological polar surface area (TPSA) is 89.1 Å². The number of nitrogens with one attached hydrogen (secondary N) is 1. The number of fused-ring (bicyclic) bond motifs is 1. The Morgan fingerprint density at radius 2 is 2.06 bits per heavy atom. The lowest BCUT2D eigenvalue weighted by Gasteiger charge is -2.40. The number of likely N-dealkylation sites (tertiary alicyclic amines) is 1. The molecule has 0 radical (unpaired) electrons. The van der Waals surface area contributed by atoms with Gasteiger partial charge in [-0.2, -0.15) is 20.0 Å². The molecule has 2 aromatic heterocycles. The first-order valence-corrected chi connectivity index (χ1v) is 11.1. The van der Waals surface area contributed by atoms with Gasteiger partial charge in [-0.05, 0) is 49.4 Å². The fourth-order valence-electron chi connectivity index (χ4n) is 4.56. The quantitative estimate of drug-likeness (QED) is 0.492. The van der Waals surface area contributed by atoms with E-state index in [9.17, 15) is 9.18 Å². The number of aromatic nitrogens is 4. The average molecular weight is 449 g/mol. The molecule has 33 heavy (non-hydrogen) atoms. The molecule has 3 heterocycles. The number of nitrogens with zero attached hydrogens (tertiary/aromatic N) is 5. The van der Waals surface area contributed by atoms with E-state index in [4.69, 9.17) is 4.42 Å². The third kappa shape index (κ3) is 4.06. The zero-order valence-electron chi connectivity index (χ0n) is 18.5. The van der Waals surface area contributed by atoms with Crippen LogP contribution in [0.2, 0.25) is 0 Å². The van der Waals surface area contributed by atoms with Gasteiger partial charge in [-0.1, -0.05) is 19.1 Å². The Bertz CT molecular complexity index is 1290. The molecule has 8 nitrogen and oxygen atoms in total.